The molecule has 0 bridgehead atoms. The number of carbonyl (C=O) groups excluding carboxylic acids is 1. The molecule has 1 saturated heterocycles. The maximum atomic E-state index is 12.8. The van der Waals surface area contributed by atoms with E-state index in [1.807, 2.05) is 24.6 Å². The van der Waals surface area contributed by atoms with Crippen molar-refractivity contribution >= 4 is 17.1 Å². The summed E-state index contributed by atoms with van der Waals surface area (Å²) in [5.74, 6) is 0.579. The molecule has 0 saturated carbocycles. The first kappa shape index (κ1) is 15.8. The van der Waals surface area contributed by atoms with E-state index < -0.39 is 0 Å². The van der Waals surface area contributed by atoms with Gasteiger partial charge in [0.15, 0.2) is 5.65 Å². The van der Waals surface area contributed by atoms with E-state index >= 15 is 0 Å². The number of pyridine rings is 1. The lowest BCUT2D eigenvalue weighted by Crippen LogP contribution is -2.37. The van der Waals surface area contributed by atoms with Crippen molar-refractivity contribution in [2.24, 2.45) is 0 Å². The van der Waals surface area contributed by atoms with E-state index in [1.54, 1.807) is 18.5 Å². The minimum atomic E-state index is -0.188. The molecule has 3 aromatic heterocycles. The second-order valence-corrected chi connectivity index (χ2v) is 6.11. The minimum absolute atomic E-state index is 0.0956. The van der Waals surface area contributed by atoms with E-state index in [0.717, 1.165) is 24.5 Å². The normalized spacial score (nSPS) is 20.2. The Balaban J connectivity index is 1.59. The van der Waals surface area contributed by atoms with Gasteiger partial charge in [-0.25, -0.2) is 9.97 Å². The van der Waals surface area contributed by atoms with E-state index in [9.17, 15) is 4.79 Å². The predicted octanol–water partition coefficient (Wildman–Crippen LogP) is 1.74. The lowest BCUT2D eigenvalue weighted by molar-refractivity contribution is 0.0789. The largest absolute Gasteiger partial charge is 0.370 e. The highest BCUT2D eigenvalue weighted by atomic mass is 16.5. The molecule has 3 aromatic rings. The number of hydrogen-bond acceptors (Lipinski definition) is 5. The third-order valence-corrected chi connectivity index (χ3v) is 4.50. The topological polar surface area (TPSA) is 97.7 Å². The molecular formula is C17H20N6O2. The van der Waals surface area contributed by atoms with Crippen LogP contribution in [0.2, 0.25) is 0 Å². The number of nitrogens with zero attached hydrogens (tertiary/aromatic N) is 4. The summed E-state index contributed by atoms with van der Waals surface area (Å²) in [5, 5.41) is 7.40. The van der Waals surface area contributed by atoms with E-state index in [1.165, 1.54) is 0 Å². The molecule has 8 heteroatoms. The second-order valence-electron chi connectivity index (χ2n) is 6.11. The zero-order valence-electron chi connectivity index (χ0n) is 14.2. The summed E-state index contributed by atoms with van der Waals surface area (Å²) in [5.41, 5.74) is 2.74. The molecule has 25 heavy (non-hydrogen) atoms. The van der Waals surface area contributed by atoms with Crippen LogP contribution in [0.5, 0.6) is 0 Å². The molecule has 0 unspecified atom stereocenters. The number of H-pyrrole nitrogens is 1. The van der Waals surface area contributed by atoms with Crippen molar-refractivity contribution < 1.29 is 9.53 Å². The summed E-state index contributed by atoms with van der Waals surface area (Å²) in [6.45, 7) is 5.25. The van der Waals surface area contributed by atoms with Crippen molar-refractivity contribution in [3.8, 4) is 0 Å². The molecule has 0 aromatic carbocycles. The van der Waals surface area contributed by atoms with Gasteiger partial charge in [-0.3, -0.25) is 9.48 Å². The molecule has 4 rings (SSSR count). The Morgan fingerprint density at radius 3 is 3.16 bits per heavy atom. The fourth-order valence-electron chi connectivity index (χ4n) is 3.34. The van der Waals surface area contributed by atoms with Crippen LogP contribution >= 0.6 is 0 Å². The average Bonchev–Trinajstić information content (AvgIpc) is 3.31. The van der Waals surface area contributed by atoms with Gasteiger partial charge in [0.05, 0.1) is 22.8 Å². The number of ether oxygens (including phenoxy) is 1. The second kappa shape index (κ2) is 6.29. The summed E-state index contributed by atoms with van der Waals surface area (Å²) in [4.78, 5) is 24.4. The van der Waals surface area contributed by atoms with Crippen LogP contribution in [-0.2, 0) is 11.3 Å². The highest BCUT2D eigenvalue weighted by Gasteiger charge is 2.33. The molecule has 0 radical (unpaired) electrons. The number of amides is 1. The predicted molar refractivity (Wildman–Crippen MR) is 91.1 cm³/mol. The number of hydrogen-bond donors (Lipinski definition) is 2. The van der Waals surface area contributed by atoms with Crippen LogP contribution in [0.15, 0.2) is 24.5 Å². The Kier molecular flexibility index (Phi) is 3.96. The van der Waals surface area contributed by atoms with Crippen molar-refractivity contribution in [2.75, 3.05) is 6.61 Å². The van der Waals surface area contributed by atoms with Gasteiger partial charge in [-0.2, -0.15) is 5.10 Å². The highest BCUT2D eigenvalue weighted by molar-refractivity contribution is 6.04. The Hall–Kier alpha value is -2.74. The molecule has 1 fully saturated rings. The van der Waals surface area contributed by atoms with Crippen molar-refractivity contribution in [3.05, 3.63) is 41.6 Å². The van der Waals surface area contributed by atoms with Gasteiger partial charge in [0, 0.05) is 25.5 Å². The number of aromatic amines is 1. The first-order chi connectivity index (χ1) is 12.2. The van der Waals surface area contributed by atoms with Crippen molar-refractivity contribution in [1.82, 2.24) is 30.0 Å². The van der Waals surface area contributed by atoms with Crippen molar-refractivity contribution in [2.45, 2.75) is 39.0 Å². The third-order valence-electron chi connectivity index (χ3n) is 4.50. The first-order valence-electron chi connectivity index (χ1n) is 8.43. The summed E-state index contributed by atoms with van der Waals surface area (Å²) in [7, 11) is 0. The summed E-state index contributed by atoms with van der Waals surface area (Å²) in [6, 6.07) is 3.56. The zero-order valence-corrected chi connectivity index (χ0v) is 14.2. The maximum absolute atomic E-state index is 12.8. The number of rotatable bonds is 4. The van der Waals surface area contributed by atoms with Crippen LogP contribution in [0.3, 0.4) is 0 Å². The number of aryl methyl sites for hydroxylation is 2. The molecule has 8 nitrogen and oxygen atoms in total. The summed E-state index contributed by atoms with van der Waals surface area (Å²) in [6.07, 6.45) is 3.94. The van der Waals surface area contributed by atoms with Crippen LogP contribution in [0, 0.1) is 6.92 Å². The summed E-state index contributed by atoms with van der Waals surface area (Å²) < 4.78 is 7.77. The van der Waals surface area contributed by atoms with Gasteiger partial charge < -0.3 is 15.0 Å². The molecule has 1 aliphatic heterocycles. The lowest BCUT2D eigenvalue weighted by Gasteiger charge is -2.20. The zero-order chi connectivity index (χ0) is 17.4. The first-order valence-corrected chi connectivity index (χ1v) is 8.43. The average molecular weight is 340 g/mol. The smallest absolute Gasteiger partial charge is 0.253 e. The quantitative estimate of drug-likeness (QED) is 0.754. The molecule has 0 spiro atoms. The van der Waals surface area contributed by atoms with Gasteiger partial charge in [-0.05, 0) is 32.4 Å². The molecular weight excluding hydrogens is 320 g/mol. The summed E-state index contributed by atoms with van der Waals surface area (Å²) >= 11 is 0. The van der Waals surface area contributed by atoms with Crippen LogP contribution in [-0.4, -0.2) is 43.3 Å². The Morgan fingerprint density at radius 1 is 1.44 bits per heavy atom. The van der Waals surface area contributed by atoms with Crippen LogP contribution < -0.4 is 5.32 Å². The van der Waals surface area contributed by atoms with E-state index in [4.69, 9.17) is 4.74 Å². The van der Waals surface area contributed by atoms with Crippen LogP contribution in [0.1, 0.15) is 41.3 Å². The van der Waals surface area contributed by atoms with E-state index in [2.05, 4.69) is 25.4 Å². The molecule has 1 amide bonds. The van der Waals surface area contributed by atoms with Gasteiger partial charge in [-0.1, -0.05) is 0 Å². The molecule has 2 N–H and O–H groups in total. The number of nitrogens with one attached hydrogen (secondary N) is 2. The molecule has 2 atom stereocenters. The van der Waals surface area contributed by atoms with E-state index in [0.29, 0.717) is 23.3 Å². The molecule has 0 aliphatic carbocycles. The minimum Gasteiger partial charge on any atom is -0.370 e. The molecule has 4 heterocycles. The SMILES string of the molecule is CCn1nccc1[C@H]1OCC[C@@H]1NC(=O)c1ccnc2nc(C)[nH]c12. The lowest BCUT2D eigenvalue weighted by atomic mass is 10.1. The Labute approximate surface area is 144 Å². The van der Waals surface area contributed by atoms with Crippen LogP contribution in [0.25, 0.3) is 11.2 Å². The third kappa shape index (κ3) is 2.78. The van der Waals surface area contributed by atoms with Gasteiger partial charge in [0.1, 0.15) is 11.9 Å². The number of imidazole rings is 1. The monoisotopic (exact) mass is 340 g/mol. The molecule has 1 aliphatic rings. The van der Waals surface area contributed by atoms with Gasteiger partial charge in [0.25, 0.3) is 5.91 Å². The van der Waals surface area contributed by atoms with Gasteiger partial charge >= 0.3 is 0 Å². The fourth-order valence-corrected chi connectivity index (χ4v) is 3.34. The highest BCUT2D eigenvalue weighted by Crippen LogP contribution is 2.29. The van der Waals surface area contributed by atoms with E-state index in [-0.39, 0.29) is 18.1 Å². The standard InChI is InChI=1S/C17H20N6O2/c1-3-23-13(5-8-19-23)15-12(6-9-25-15)22-17(24)11-4-7-18-16-14(11)20-10(2)21-16/h4-5,7-8,12,15H,3,6,9H2,1-2H3,(H,22,24)(H,18,20,21)/t12-,15-/m0/s1. The molecule has 130 valence electrons. The number of aromatic nitrogens is 5. The van der Waals surface area contributed by atoms with Crippen molar-refractivity contribution in [3.63, 3.8) is 0 Å². The fraction of sp³-hybridized carbons (Fsp3) is 0.412. The van der Waals surface area contributed by atoms with Crippen molar-refractivity contribution in [1.29, 1.82) is 0 Å². The van der Waals surface area contributed by atoms with Gasteiger partial charge in [-0.15, -0.1) is 0 Å². The maximum Gasteiger partial charge on any atom is 0.253 e. The Morgan fingerprint density at radius 2 is 2.32 bits per heavy atom. The number of carbonyl (C=O) groups is 1. The van der Waals surface area contributed by atoms with Crippen LogP contribution in [0.4, 0.5) is 0 Å². The van der Waals surface area contributed by atoms with Gasteiger partial charge in [0.2, 0.25) is 0 Å². The number of fused-ring (bicyclic) bond motifs is 1. The Bertz CT molecular complexity index is 915.